The van der Waals surface area contributed by atoms with E-state index in [0.717, 1.165) is 26.1 Å². The fraction of sp³-hybridized carbons (Fsp3) is 0.889. The van der Waals surface area contributed by atoms with E-state index in [1.807, 2.05) is 0 Å². The Morgan fingerprint density at radius 1 is 1.77 bits per heavy atom. The van der Waals surface area contributed by atoms with Crippen molar-refractivity contribution < 1.29 is 4.79 Å². The van der Waals surface area contributed by atoms with Crippen LogP contribution in [0.5, 0.6) is 0 Å². The van der Waals surface area contributed by atoms with Crippen LogP contribution in [0.1, 0.15) is 13.3 Å². The summed E-state index contributed by atoms with van der Waals surface area (Å²) in [7, 11) is 0. The molecule has 0 bridgehead atoms. The Kier molecular flexibility index (Phi) is 4.59. The number of carbonyl (C=O) groups is 1. The van der Waals surface area contributed by atoms with Crippen LogP contribution in [0.15, 0.2) is 0 Å². The predicted octanol–water partition coefficient (Wildman–Crippen LogP) is 0.464. The predicted molar refractivity (Wildman–Crippen MR) is 57.0 cm³/mol. The Balaban J connectivity index is 2.16. The lowest BCUT2D eigenvalue weighted by molar-refractivity contribution is -0.124. The highest BCUT2D eigenvalue weighted by molar-refractivity contribution is 7.99. The first kappa shape index (κ1) is 10.9. The number of hydrogen-bond acceptors (Lipinski definition) is 3. The summed E-state index contributed by atoms with van der Waals surface area (Å²) < 4.78 is 0. The first-order valence-electron chi connectivity index (χ1n) is 4.75. The summed E-state index contributed by atoms with van der Waals surface area (Å²) in [5, 5.41) is 6.68. The van der Waals surface area contributed by atoms with Gasteiger partial charge in [-0.3, -0.25) is 4.79 Å². The molecule has 0 spiro atoms. The minimum atomic E-state index is 0.203. The lowest BCUT2D eigenvalue weighted by Gasteiger charge is -2.12. The van der Waals surface area contributed by atoms with E-state index in [9.17, 15) is 4.79 Å². The molecule has 1 amide bonds. The molecule has 0 aromatic heterocycles. The summed E-state index contributed by atoms with van der Waals surface area (Å²) in [6.07, 6.45) is 3.05. The zero-order valence-corrected chi connectivity index (χ0v) is 9.12. The fourth-order valence-electron chi connectivity index (χ4n) is 1.35. The van der Waals surface area contributed by atoms with Crippen molar-refractivity contribution in [3.05, 3.63) is 0 Å². The number of rotatable bonds is 4. The van der Waals surface area contributed by atoms with E-state index in [-0.39, 0.29) is 11.8 Å². The van der Waals surface area contributed by atoms with Crippen LogP contribution in [-0.4, -0.2) is 37.0 Å². The third-order valence-corrected chi connectivity index (χ3v) is 3.37. The van der Waals surface area contributed by atoms with Crippen LogP contribution >= 0.6 is 11.8 Å². The third-order valence-electron chi connectivity index (χ3n) is 2.40. The van der Waals surface area contributed by atoms with Crippen molar-refractivity contribution >= 4 is 17.7 Å². The molecule has 1 saturated heterocycles. The van der Waals surface area contributed by atoms with Crippen molar-refractivity contribution in [2.45, 2.75) is 18.6 Å². The van der Waals surface area contributed by atoms with Gasteiger partial charge in [-0.1, -0.05) is 6.92 Å². The number of amides is 1. The van der Waals surface area contributed by atoms with Gasteiger partial charge in [0.1, 0.15) is 0 Å². The Morgan fingerprint density at radius 3 is 3.08 bits per heavy atom. The zero-order chi connectivity index (χ0) is 9.68. The molecule has 76 valence electrons. The van der Waals surface area contributed by atoms with Crippen LogP contribution in [0.3, 0.4) is 0 Å². The van der Waals surface area contributed by atoms with Crippen molar-refractivity contribution in [2.75, 3.05) is 25.9 Å². The molecule has 4 heteroatoms. The Hall–Kier alpha value is -0.220. The van der Waals surface area contributed by atoms with Crippen molar-refractivity contribution in [3.8, 4) is 0 Å². The quantitative estimate of drug-likeness (QED) is 0.696. The maximum absolute atomic E-state index is 11.5. The molecule has 0 saturated carbocycles. The molecule has 0 radical (unpaired) electrons. The van der Waals surface area contributed by atoms with Crippen LogP contribution < -0.4 is 10.6 Å². The van der Waals surface area contributed by atoms with Crippen LogP contribution in [0.2, 0.25) is 0 Å². The van der Waals surface area contributed by atoms with Crippen LogP contribution in [-0.2, 0) is 4.79 Å². The molecule has 2 atom stereocenters. The summed E-state index contributed by atoms with van der Waals surface area (Å²) in [5.74, 6) is 0.417. The van der Waals surface area contributed by atoms with Crippen molar-refractivity contribution in [1.82, 2.24) is 10.6 Å². The smallest absolute Gasteiger partial charge is 0.224 e. The molecule has 3 nitrogen and oxygen atoms in total. The average Bonchev–Trinajstić information content (AvgIpc) is 2.66. The maximum Gasteiger partial charge on any atom is 0.224 e. The number of hydrogen-bond donors (Lipinski definition) is 2. The first-order valence-corrected chi connectivity index (χ1v) is 6.04. The van der Waals surface area contributed by atoms with Gasteiger partial charge in [0.15, 0.2) is 0 Å². The van der Waals surface area contributed by atoms with Crippen LogP contribution in [0.25, 0.3) is 0 Å². The summed E-state index contributed by atoms with van der Waals surface area (Å²) in [5.41, 5.74) is 0. The molecule has 13 heavy (non-hydrogen) atoms. The van der Waals surface area contributed by atoms with E-state index >= 15 is 0 Å². The molecular formula is C9H18N2OS. The van der Waals surface area contributed by atoms with E-state index in [0.29, 0.717) is 5.25 Å². The van der Waals surface area contributed by atoms with Gasteiger partial charge in [-0.15, -0.1) is 0 Å². The van der Waals surface area contributed by atoms with E-state index in [2.05, 4.69) is 23.8 Å². The molecule has 1 fully saturated rings. The number of carbonyl (C=O) groups excluding carboxylic acids is 1. The van der Waals surface area contributed by atoms with Gasteiger partial charge in [0, 0.05) is 18.3 Å². The summed E-state index contributed by atoms with van der Waals surface area (Å²) >= 11 is 1.78. The van der Waals surface area contributed by atoms with E-state index in [1.54, 1.807) is 11.8 Å². The SMILES string of the molecule is CSC(C)CNC(=O)C1CCNC1. The van der Waals surface area contributed by atoms with Gasteiger partial charge >= 0.3 is 0 Å². The normalized spacial score (nSPS) is 24.3. The molecule has 0 aromatic carbocycles. The maximum atomic E-state index is 11.5. The van der Waals surface area contributed by atoms with Gasteiger partial charge in [-0.2, -0.15) is 11.8 Å². The van der Waals surface area contributed by atoms with Gasteiger partial charge in [-0.25, -0.2) is 0 Å². The molecule has 2 N–H and O–H groups in total. The third kappa shape index (κ3) is 3.56. The number of nitrogens with one attached hydrogen (secondary N) is 2. The Labute approximate surface area is 84.0 Å². The molecule has 1 aliphatic heterocycles. The molecular weight excluding hydrogens is 184 g/mol. The van der Waals surface area contributed by atoms with Gasteiger partial charge in [0.05, 0.1) is 5.92 Å². The second-order valence-electron chi connectivity index (χ2n) is 3.48. The van der Waals surface area contributed by atoms with E-state index in [1.165, 1.54) is 0 Å². The van der Waals surface area contributed by atoms with Gasteiger partial charge in [-0.05, 0) is 19.2 Å². The van der Waals surface area contributed by atoms with Gasteiger partial charge in [0.25, 0.3) is 0 Å². The van der Waals surface area contributed by atoms with Gasteiger partial charge < -0.3 is 10.6 Å². The summed E-state index contributed by atoms with van der Waals surface area (Å²) in [6, 6.07) is 0. The molecule has 0 aromatic rings. The second-order valence-corrected chi connectivity index (χ2v) is 4.76. The lowest BCUT2D eigenvalue weighted by Crippen LogP contribution is -2.35. The molecule has 1 aliphatic rings. The molecule has 1 heterocycles. The lowest BCUT2D eigenvalue weighted by atomic mass is 10.1. The largest absolute Gasteiger partial charge is 0.355 e. The highest BCUT2D eigenvalue weighted by Crippen LogP contribution is 2.08. The monoisotopic (exact) mass is 202 g/mol. The minimum Gasteiger partial charge on any atom is -0.355 e. The highest BCUT2D eigenvalue weighted by Gasteiger charge is 2.21. The summed E-state index contributed by atoms with van der Waals surface area (Å²) in [6.45, 7) is 4.74. The van der Waals surface area contributed by atoms with Crippen LogP contribution in [0.4, 0.5) is 0 Å². The summed E-state index contributed by atoms with van der Waals surface area (Å²) in [4.78, 5) is 11.5. The Bertz CT molecular complexity index is 169. The van der Waals surface area contributed by atoms with Crippen molar-refractivity contribution in [2.24, 2.45) is 5.92 Å². The van der Waals surface area contributed by atoms with Crippen molar-refractivity contribution in [1.29, 1.82) is 0 Å². The molecule has 1 rings (SSSR count). The highest BCUT2D eigenvalue weighted by atomic mass is 32.2. The van der Waals surface area contributed by atoms with E-state index < -0.39 is 0 Å². The Morgan fingerprint density at radius 2 is 2.54 bits per heavy atom. The van der Waals surface area contributed by atoms with E-state index in [4.69, 9.17) is 0 Å². The minimum absolute atomic E-state index is 0.203. The second kappa shape index (κ2) is 5.50. The molecule has 2 unspecified atom stereocenters. The molecule has 0 aliphatic carbocycles. The topological polar surface area (TPSA) is 41.1 Å². The fourth-order valence-corrected chi connectivity index (χ4v) is 1.60. The average molecular weight is 202 g/mol. The first-order chi connectivity index (χ1) is 6.24. The van der Waals surface area contributed by atoms with Crippen molar-refractivity contribution in [3.63, 3.8) is 0 Å². The number of thioether (sulfide) groups is 1. The zero-order valence-electron chi connectivity index (χ0n) is 8.30. The standard InChI is InChI=1S/C9H18N2OS/c1-7(13-2)5-11-9(12)8-3-4-10-6-8/h7-8,10H,3-6H2,1-2H3,(H,11,12). The van der Waals surface area contributed by atoms with Gasteiger partial charge in [0.2, 0.25) is 5.91 Å². The van der Waals surface area contributed by atoms with Crippen LogP contribution in [0, 0.1) is 5.92 Å².